The Morgan fingerprint density at radius 1 is 1.25 bits per heavy atom. The molecule has 1 amide bonds. The lowest BCUT2D eigenvalue weighted by Crippen LogP contribution is -2.41. The van der Waals surface area contributed by atoms with Gasteiger partial charge in [0.05, 0.1) is 5.02 Å². The zero-order valence-corrected chi connectivity index (χ0v) is 13.3. The van der Waals surface area contributed by atoms with E-state index in [1.54, 1.807) is 11.3 Å². The SMILES string of the molecule is O=C(C1CCC1)N1CCCN(Cc2sccc2Cl)CC1. The highest BCUT2D eigenvalue weighted by Gasteiger charge is 2.30. The van der Waals surface area contributed by atoms with Gasteiger partial charge in [-0.15, -0.1) is 11.3 Å². The molecule has 1 aromatic heterocycles. The van der Waals surface area contributed by atoms with Gasteiger partial charge in [-0.25, -0.2) is 0 Å². The fourth-order valence-electron chi connectivity index (χ4n) is 2.90. The summed E-state index contributed by atoms with van der Waals surface area (Å²) in [6.45, 7) is 4.74. The van der Waals surface area contributed by atoms with E-state index in [9.17, 15) is 4.79 Å². The molecule has 0 spiro atoms. The quantitative estimate of drug-likeness (QED) is 0.855. The summed E-state index contributed by atoms with van der Waals surface area (Å²) in [5.41, 5.74) is 0. The van der Waals surface area contributed by atoms with Gasteiger partial charge in [-0.3, -0.25) is 9.69 Å². The van der Waals surface area contributed by atoms with Gasteiger partial charge in [-0.1, -0.05) is 18.0 Å². The van der Waals surface area contributed by atoms with Crippen LogP contribution in [0.3, 0.4) is 0 Å². The zero-order chi connectivity index (χ0) is 13.9. The third-order valence-electron chi connectivity index (χ3n) is 4.41. The maximum Gasteiger partial charge on any atom is 0.225 e. The fraction of sp³-hybridized carbons (Fsp3) is 0.667. The number of carbonyl (C=O) groups is 1. The van der Waals surface area contributed by atoms with Crippen LogP contribution in [0.4, 0.5) is 0 Å². The van der Waals surface area contributed by atoms with Gasteiger partial charge in [0.1, 0.15) is 0 Å². The van der Waals surface area contributed by atoms with E-state index in [1.165, 1.54) is 11.3 Å². The van der Waals surface area contributed by atoms with E-state index < -0.39 is 0 Å². The first-order valence-electron chi connectivity index (χ1n) is 7.47. The van der Waals surface area contributed by atoms with Crippen LogP contribution in [-0.2, 0) is 11.3 Å². The van der Waals surface area contributed by atoms with E-state index in [0.29, 0.717) is 11.8 Å². The molecule has 110 valence electrons. The maximum atomic E-state index is 12.3. The molecule has 1 aliphatic carbocycles. The van der Waals surface area contributed by atoms with E-state index in [-0.39, 0.29) is 0 Å². The van der Waals surface area contributed by atoms with Crippen LogP contribution in [0.15, 0.2) is 11.4 Å². The summed E-state index contributed by atoms with van der Waals surface area (Å²) in [5, 5.41) is 2.92. The largest absolute Gasteiger partial charge is 0.341 e. The number of rotatable bonds is 3. The number of hydrogen-bond acceptors (Lipinski definition) is 3. The number of hydrogen-bond donors (Lipinski definition) is 0. The second-order valence-corrected chi connectivity index (χ2v) is 7.18. The molecule has 0 unspecified atom stereocenters. The molecule has 3 nitrogen and oxygen atoms in total. The summed E-state index contributed by atoms with van der Waals surface area (Å²) in [6.07, 6.45) is 4.50. The van der Waals surface area contributed by atoms with Crippen molar-refractivity contribution >= 4 is 28.8 Å². The van der Waals surface area contributed by atoms with Crippen LogP contribution in [0, 0.1) is 5.92 Å². The summed E-state index contributed by atoms with van der Waals surface area (Å²) < 4.78 is 0. The molecule has 0 aromatic carbocycles. The Morgan fingerprint density at radius 2 is 2.10 bits per heavy atom. The molecule has 2 heterocycles. The molecular weight excluding hydrogens is 292 g/mol. The Labute approximate surface area is 129 Å². The number of nitrogens with zero attached hydrogens (tertiary/aromatic N) is 2. The van der Waals surface area contributed by atoms with Crippen LogP contribution in [0.25, 0.3) is 0 Å². The van der Waals surface area contributed by atoms with Gasteiger partial charge in [0, 0.05) is 43.5 Å². The molecule has 1 saturated heterocycles. The highest BCUT2D eigenvalue weighted by molar-refractivity contribution is 7.10. The Hall–Kier alpha value is -0.580. The van der Waals surface area contributed by atoms with Gasteiger partial charge in [0.2, 0.25) is 5.91 Å². The lowest BCUT2D eigenvalue weighted by molar-refractivity contribution is -0.138. The molecule has 1 aliphatic heterocycles. The molecule has 2 aliphatic rings. The zero-order valence-electron chi connectivity index (χ0n) is 11.7. The van der Waals surface area contributed by atoms with Crippen molar-refractivity contribution in [2.75, 3.05) is 26.2 Å². The Bertz CT molecular complexity index is 472. The number of thiophene rings is 1. The topological polar surface area (TPSA) is 23.6 Å². The second-order valence-electron chi connectivity index (χ2n) is 5.77. The van der Waals surface area contributed by atoms with Gasteiger partial charge in [0.25, 0.3) is 0 Å². The minimum absolute atomic E-state index is 0.327. The standard InChI is InChI=1S/C15H21ClN2OS/c16-13-5-10-20-14(13)11-17-6-2-7-18(9-8-17)15(19)12-3-1-4-12/h5,10,12H,1-4,6-9,11H2. The van der Waals surface area contributed by atoms with Gasteiger partial charge >= 0.3 is 0 Å². The summed E-state index contributed by atoms with van der Waals surface area (Å²) >= 11 is 7.89. The van der Waals surface area contributed by atoms with Crippen molar-refractivity contribution in [2.45, 2.75) is 32.2 Å². The molecule has 5 heteroatoms. The first-order chi connectivity index (χ1) is 9.74. The van der Waals surface area contributed by atoms with E-state index in [4.69, 9.17) is 11.6 Å². The van der Waals surface area contributed by atoms with Crippen LogP contribution in [0.2, 0.25) is 5.02 Å². The normalized spacial score (nSPS) is 21.6. The van der Waals surface area contributed by atoms with Crippen LogP contribution in [0.5, 0.6) is 0 Å². The Morgan fingerprint density at radius 3 is 2.75 bits per heavy atom. The van der Waals surface area contributed by atoms with Crippen molar-refractivity contribution in [3.05, 3.63) is 21.3 Å². The molecule has 1 aromatic rings. The molecule has 0 bridgehead atoms. The van der Waals surface area contributed by atoms with Crippen LogP contribution in [-0.4, -0.2) is 41.9 Å². The highest BCUT2D eigenvalue weighted by Crippen LogP contribution is 2.29. The number of carbonyl (C=O) groups excluding carboxylic acids is 1. The average Bonchev–Trinajstić information content (AvgIpc) is 2.62. The summed E-state index contributed by atoms with van der Waals surface area (Å²) in [7, 11) is 0. The van der Waals surface area contributed by atoms with Crippen LogP contribution < -0.4 is 0 Å². The monoisotopic (exact) mass is 312 g/mol. The smallest absolute Gasteiger partial charge is 0.225 e. The predicted molar refractivity (Wildman–Crippen MR) is 83.1 cm³/mol. The van der Waals surface area contributed by atoms with E-state index >= 15 is 0 Å². The molecule has 2 fully saturated rings. The molecule has 20 heavy (non-hydrogen) atoms. The highest BCUT2D eigenvalue weighted by atomic mass is 35.5. The van der Waals surface area contributed by atoms with Crippen molar-refractivity contribution in [2.24, 2.45) is 5.92 Å². The summed E-state index contributed by atoms with van der Waals surface area (Å²) in [6, 6.07) is 1.96. The van der Waals surface area contributed by atoms with Gasteiger partial charge in [-0.2, -0.15) is 0 Å². The van der Waals surface area contributed by atoms with E-state index in [0.717, 1.165) is 57.0 Å². The molecule has 0 atom stereocenters. The number of halogens is 1. The minimum atomic E-state index is 0.327. The minimum Gasteiger partial charge on any atom is -0.341 e. The van der Waals surface area contributed by atoms with Gasteiger partial charge in [0.15, 0.2) is 0 Å². The Balaban J connectivity index is 1.54. The van der Waals surface area contributed by atoms with Crippen LogP contribution >= 0.6 is 22.9 Å². The molecule has 0 radical (unpaired) electrons. The number of amides is 1. The Kier molecular flexibility index (Phi) is 4.64. The average molecular weight is 313 g/mol. The van der Waals surface area contributed by atoms with Crippen molar-refractivity contribution in [3.8, 4) is 0 Å². The van der Waals surface area contributed by atoms with Gasteiger partial charge in [-0.05, 0) is 30.7 Å². The lowest BCUT2D eigenvalue weighted by atomic mass is 9.84. The summed E-state index contributed by atoms with van der Waals surface area (Å²) in [4.78, 5) is 18.0. The second kappa shape index (κ2) is 6.46. The fourth-order valence-corrected chi connectivity index (χ4v) is 4.04. The first kappa shape index (κ1) is 14.4. The van der Waals surface area contributed by atoms with Crippen molar-refractivity contribution in [1.29, 1.82) is 0 Å². The maximum absolute atomic E-state index is 12.3. The third kappa shape index (κ3) is 3.18. The molecule has 3 rings (SSSR count). The predicted octanol–water partition coefficient (Wildman–Crippen LogP) is 3.24. The molecular formula is C15H21ClN2OS. The van der Waals surface area contributed by atoms with E-state index in [1.807, 2.05) is 11.4 Å². The van der Waals surface area contributed by atoms with Crippen molar-refractivity contribution < 1.29 is 4.79 Å². The van der Waals surface area contributed by atoms with E-state index in [2.05, 4.69) is 9.80 Å². The first-order valence-corrected chi connectivity index (χ1v) is 8.73. The molecule has 1 saturated carbocycles. The lowest BCUT2D eigenvalue weighted by Gasteiger charge is -2.31. The molecule has 0 N–H and O–H groups in total. The van der Waals surface area contributed by atoms with Crippen molar-refractivity contribution in [3.63, 3.8) is 0 Å². The van der Waals surface area contributed by atoms with Crippen LogP contribution in [0.1, 0.15) is 30.6 Å². The third-order valence-corrected chi connectivity index (χ3v) is 5.78. The summed E-state index contributed by atoms with van der Waals surface area (Å²) in [5.74, 6) is 0.723. The van der Waals surface area contributed by atoms with Gasteiger partial charge < -0.3 is 4.90 Å². The van der Waals surface area contributed by atoms with Crippen molar-refractivity contribution in [1.82, 2.24) is 9.80 Å².